The van der Waals surface area contributed by atoms with Gasteiger partial charge in [0, 0.05) is 30.1 Å². The second-order valence-corrected chi connectivity index (χ2v) is 7.09. The number of aliphatic hydroxyl groups excluding tert-OH is 1. The van der Waals surface area contributed by atoms with Gasteiger partial charge in [-0.3, -0.25) is 4.90 Å². The molecule has 0 spiro atoms. The first-order chi connectivity index (χ1) is 11.2. The molecule has 0 unspecified atom stereocenters. The molecular weight excluding hydrogens is 308 g/mol. The van der Waals surface area contributed by atoms with Gasteiger partial charge in [-0.05, 0) is 38.4 Å². The number of nitrogens with zero attached hydrogens (tertiary/aromatic N) is 2. The summed E-state index contributed by atoms with van der Waals surface area (Å²) in [5, 5.41) is 13.6. The Morgan fingerprint density at radius 2 is 2.22 bits per heavy atom. The molecule has 4 nitrogen and oxygen atoms in total. The number of thiazole rings is 1. The van der Waals surface area contributed by atoms with E-state index in [9.17, 15) is 5.11 Å². The summed E-state index contributed by atoms with van der Waals surface area (Å²) in [7, 11) is 0. The highest BCUT2D eigenvalue weighted by atomic mass is 32.1. The van der Waals surface area contributed by atoms with Gasteiger partial charge in [-0.2, -0.15) is 0 Å². The molecule has 1 saturated heterocycles. The Morgan fingerprint density at radius 1 is 1.39 bits per heavy atom. The number of para-hydroxylation sites is 1. The van der Waals surface area contributed by atoms with Crippen LogP contribution in [0, 0.1) is 6.92 Å². The van der Waals surface area contributed by atoms with E-state index >= 15 is 0 Å². The van der Waals surface area contributed by atoms with Crippen LogP contribution in [0.2, 0.25) is 0 Å². The summed E-state index contributed by atoms with van der Waals surface area (Å²) < 4.78 is 5.64. The Labute approximate surface area is 141 Å². The number of hydrogen-bond donors (Lipinski definition) is 1. The SMILES string of the molecule is Cc1csc([C@@H]2CCCN(C[C@H](O)COc3ccccc3)C2)n1. The van der Waals surface area contributed by atoms with Gasteiger partial charge < -0.3 is 9.84 Å². The van der Waals surface area contributed by atoms with E-state index in [1.54, 1.807) is 11.3 Å². The third-order valence-corrected chi connectivity index (χ3v) is 5.27. The van der Waals surface area contributed by atoms with Gasteiger partial charge >= 0.3 is 0 Å². The maximum atomic E-state index is 10.2. The van der Waals surface area contributed by atoms with Crippen LogP contribution >= 0.6 is 11.3 Å². The van der Waals surface area contributed by atoms with E-state index in [4.69, 9.17) is 4.74 Å². The number of aromatic nitrogens is 1. The molecule has 1 aromatic carbocycles. The monoisotopic (exact) mass is 332 g/mol. The zero-order chi connectivity index (χ0) is 16.1. The van der Waals surface area contributed by atoms with Crippen molar-refractivity contribution in [1.29, 1.82) is 0 Å². The van der Waals surface area contributed by atoms with Gasteiger partial charge in [0.15, 0.2) is 0 Å². The molecule has 1 fully saturated rings. The Morgan fingerprint density at radius 3 is 2.96 bits per heavy atom. The van der Waals surface area contributed by atoms with Crippen LogP contribution in [0.3, 0.4) is 0 Å². The molecule has 1 aliphatic rings. The standard InChI is InChI=1S/C18H24N2O2S/c1-14-13-23-18(19-14)15-6-5-9-20(10-15)11-16(21)12-22-17-7-3-2-4-8-17/h2-4,7-8,13,15-16,21H,5-6,9-12H2,1H3/t15-,16+/m1/s1. The van der Waals surface area contributed by atoms with Crippen LogP contribution < -0.4 is 4.74 Å². The normalized spacial score (nSPS) is 20.3. The molecule has 1 N–H and O–H groups in total. The van der Waals surface area contributed by atoms with Crippen LogP contribution in [-0.4, -0.2) is 47.3 Å². The van der Waals surface area contributed by atoms with Crippen LogP contribution in [0.4, 0.5) is 0 Å². The molecule has 0 amide bonds. The number of ether oxygens (including phenoxy) is 1. The molecule has 1 aliphatic heterocycles. The summed E-state index contributed by atoms with van der Waals surface area (Å²) in [6.07, 6.45) is 1.89. The van der Waals surface area contributed by atoms with E-state index in [1.807, 2.05) is 37.3 Å². The molecular formula is C18H24N2O2S. The van der Waals surface area contributed by atoms with Crippen molar-refractivity contribution in [3.05, 3.63) is 46.4 Å². The Kier molecular flexibility index (Phi) is 5.65. The van der Waals surface area contributed by atoms with Crippen molar-refractivity contribution < 1.29 is 9.84 Å². The first-order valence-corrected chi connectivity index (χ1v) is 9.09. The minimum absolute atomic E-state index is 0.335. The molecule has 5 heteroatoms. The van der Waals surface area contributed by atoms with E-state index in [2.05, 4.69) is 15.3 Å². The summed E-state index contributed by atoms with van der Waals surface area (Å²) in [6.45, 7) is 5.07. The largest absolute Gasteiger partial charge is 0.491 e. The maximum absolute atomic E-state index is 10.2. The summed E-state index contributed by atoms with van der Waals surface area (Å²) >= 11 is 1.76. The topological polar surface area (TPSA) is 45.6 Å². The number of likely N-dealkylation sites (tertiary alicyclic amines) is 1. The molecule has 23 heavy (non-hydrogen) atoms. The van der Waals surface area contributed by atoms with Crippen molar-refractivity contribution in [2.75, 3.05) is 26.2 Å². The van der Waals surface area contributed by atoms with Gasteiger partial charge in [-0.15, -0.1) is 11.3 Å². The minimum atomic E-state index is -0.466. The molecule has 124 valence electrons. The van der Waals surface area contributed by atoms with Crippen molar-refractivity contribution in [3.63, 3.8) is 0 Å². The fourth-order valence-electron chi connectivity index (χ4n) is 3.04. The van der Waals surface area contributed by atoms with Gasteiger partial charge in [0.25, 0.3) is 0 Å². The molecule has 2 atom stereocenters. The Hall–Kier alpha value is -1.43. The second kappa shape index (κ2) is 7.90. The summed E-state index contributed by atoms with van der Waals surface area (Å²) in [5.41, 5.74) is 1.11. The summed E-state index contributed by atoms with van der Waals surface area (Å²) in [4.78, 5) is 6.97. The van der Waals surface area contributed by atoms with Crippen molar-refractivity contribution in [2.45, 2.75) is 31.8 Å². The third kappa shape index (κ3) is 4.77. The van der Waals surface area contributed by atoms with E-state index in [1.165, 1.54) is 11.4 Å². The van der Waals surface area contributed by atoms with Gasteiger partial charge in [0.2, 0.25) is 0 Å². The predicted molar refractivity (Wildman–Crippen MR) is 93.2 cm³/mol. The van der Waals surface area contributed by atoms with E-state index in [0.29, 0.717) is 19.1 Å². The number of piperidine rings is 1. The average Bonchev–Trinajstić information content (AvgIpc) is 3.01. The lowest BCUT2D eigenvalue weighted by molar-refractivity contribution is 0.0583. The molecule has 0 aliphatic carbocycles. The molecule has 2 heterocycles. The van der Waals surface area contributed by atoms with E-state index in [-0.39, 0.29) is 0 Å². The Balaban J connectivity index is 1.47. The van der Waals surface area contributed by atoms with Crippen LogP contribution in [0.15, 0.2) is 35.7 Å². The molecule has 0 saturated carbocycles. The molecule has 1 aromatic heterocycles. The van der Waals surface area contributed by atoms with Crippen LogP contribution in [0.25, 0.3) is 0 Å². The fourth-order valence-corrected chi connectivity index (χ4v) is 3.97. The van der Waals surface area contributed by atoms with E-state index in [0.717, 1.165) is 31.0 Å². The highest BCUT2D eigenvalue weighted by Gasteiger charge is 2.24. The third-order valence-electron chi connectivity index (χ3n) is 4.15. The first kappa shape index (κ1) is 16.4. The molecule has 0 bridgehead atoms. The van der Waals surface area contributed by atoms with Gasteiger partial charge in [-0.1, -0.05) is 18.2 Å². The molecule has 0 radical (unpaired) electrons. The predicted octanol–water partition coefficient (Wildman–Crippen LogP) is 3.07. The molecule has 3 rings (SSSR count). The van der Waals surface area contributed by atoms with Gasteiger partial charge in [0.1, 0.15) is 18.5 Å². The fraction of sp³-hybridized carbons (Fsp3) is 0.500. The number of benzene rings is 1. The van der Waals surface area contributed by atoms with E-state index < -0.39 is 6.10 Å². The number of rotatable bonds is 6. The average molecular weight is 332 g/mol. The lowest BCUT2D eigenvalue weighted by atomic mass is 9.98. The lowest BCUT2D eigenvalue weighted by Crippen LogP contribution is -2.41. The number of hydrogen-bond acceptors (Lipinski definition) is 5. The minimum Gasteiger partial charge on any atom is -0.491 e. The number of aryl methyl sites for hydroxylation is 1. The van der Waals surface area contributed by atoms with Crippen molar-refractivity contribution in [2.24, 2.45) is 0 Å². The maximum Gasteiger partial charge on any atom is 0.119 e. The van der Waals surface area contributed by atoms with Gasteiger partial charge in [-0.25, -0.2) is 4.98 Å². The van der Waals surface area contributed by atoms with Crippen molar-refractivity contribution in [1.82, 2.24) is 9.88 Å². The van der Waals surface area contributed by atoms with Crippen molar-refractivity contribution >= 4 is 11.3 Å². The molecule has 2 aromatic rings. The van der Waals surface area contributed by atoms with Crippen LogP contribution in [0.5, 0.6) is 5.75 Å². The Bertz CT molecular complexity index is 602. The number of β-amino-alcohol motifs (C(OH)–C–C–N with tert-alkyl or cyclic N) is 1. The zero-order valence-electron chi connectivity index (χ0n) is 13.5. The highest BCUT2D eigenvalue weighted by Crippen LogP contribution is 2.29. The van der Waals surface area contributed by atoms with Crippen LogP contribution in [0.1, 0.15) is 29.5 Å². The van der Waals surface area contributed by atoms with Crippen molar-refractivity contribution in [3.8, 4) is 5.75 Å². The zero-order valence-corrected chi connectivity index (χ0v) is 14.3. The highest BCUT2D eigenvalue weighted by molar-refractivity contribution is 7.09. The van der Waals surface area contributed by atoms with Crippen LogP contribution in [-0.2, 0) is 0 Å². The summed E-state index contributed by atoms with van der Waals surface area (Å²) in [6, 6.07) is 9.65. The quantitative estimate of drug-likeness (QED) is 0.883. The first-order valence-electron chi connectivity index (χ1n) is 8.21. The van der Waals surface area contributed by atoms with Gasteiger partial charge in [0.05, 0.1) is 5.01 Å². The number of aliphatic hydroxyl groups is 1. The summed E-state index contributed by atoms with van der Waals surface area (Å²) in [5.74, 6) is 1.31. The smallest absolute Gasteiger partial charge is 0.119 e. The second-order valence-electron chi connectivity index (χ2n) is 6.20. The lowest BCUT2D eigenvalue weighted by Gasteiger charge is -2.33.